The minimum atomic E-state index is -5.02. The van der Waals surface area contributed by atoms with Gasteiger partial charge in [0.1, 0.15) is 10.6 Å². The third-order valence-corrected chi connectivity index (χ3v) is 13.2. The van der Waals surface area contributed by atoms with Gasteiger partial charge in [-0.25, -0.2) is 0 Å². The lowest BCUT2D eigenvalue weighted by Gasteiger charge is -2.12. The lowest BCUT2D eigenvalue weighted by atomic mass is 10.1. The largest absolute Gasteiger partial charge is 0.505 e. The number of hydrogen-bond acceptors (Lipinski definition) is 16. The number of nitrogens with zero attached hydrogens (tertiary/aromatic N) is 6. The van der Waals surface area contributed by atoms with Crippen LogP contribution >= 0.6 is 0 Å². The van der Waals surface area contributed by atoms with Gasteiger partial charge in [-0.3, -0.25) is 18.2 Å². The molecular weight excluding hydrogens is 939 g/mol. The fourth-order valence-corrected chi connectivity index (χ4v) is 8.89. The number of hydrogen-bond donors (Lipinski definition) is 6. The molecule has 20 nitrogen and oxygen atoms in total. The average molecular weight is 968 g/mol. The Hall–Kier alpha value is -7.42. The van der Waals surface area contributed by atoms with Gasteiger partial charge < -0.3 is 10.4 Å². The first-order valence-electron chi connectivity index (χ1n) is 18.6. The second-order valence-corrected chi connectivity index (χ2v) is 19.8. The molecule has 0 heterocycles. The molecule has 0 radical (unpaired) electrons. The number of benzene rings is 8. The summed E-state index contributed by atoms with van der Waals surface area (Å²) in [7, 11) is -19.1. The van der Waals surface area contributed by atoms with E-state index in [1.54, 1.807) is 12.1 Å². The van der Waals surface area contributed by atoms with Crippen LogP contribution in [0.3, 0.4) is 0 Å². The highest BCUT2D eigenvalue weighted by atomic mass is 32.2. The van der Waals surface area contributed by atoms with Crippen LogP contribution in [0.2, 0.25) is 0 Å². The van der Waals surface area contributed by atoms with Crippen LogP contribution in [0.15, 0.2) is 190 Å². The fourth-order valence-electron chi connectivity index (χ4n) is 6.70. The highest BCUT2D eigenvalue weighted by Gasteiger charge is 2.23. The smallest absolute Gasteiger partial charge is 0.296 e. The van der Waals surface area contributed by atoms with E-state index in [0.29, 0.717) is 5.69 Å². The van der Waals surface area contributed by atoms with Crippen molar-refractivity contribution in [3.63, 3.8) is 0 Å². The molecule has 0 aliphatic carbocycles. The van der Waals surface area contributed by atoms with Gasteiger partial charge in [0, 0.05) is 38.3 Å². The number of phenols is 1. The van der Waals surface area contributed by atoms with Crippen molar-refractivity contribution in [1.82, 2.24) is 0 Å². The molecule has 66 heavy (non-hydrogen) atoms. The molecule has 0 fully saturated rings. The van der Waals surface area contributed by atoms with Gasteiger partial charge in [-0.05, 0) is 109 Å². The zero-order valence-electron chi connectivity index (χ0n) is 33.1. The number of nitrogens with one attached hydrogen (secondary N) is 1. The zero-order valence-corrected chi connectivity index (χ0v) is 36.4. The minimum absolute atomic E-state index is 0.00170. The molecule has 6 N–H and O–H groups in total. The van der Waals surface area contributed by atoms with Crippen molar-refractivity contribution in [2.24, 2.45) is 30.7 Å². The second-order valence-electron chi connectivity index (χ2n) is 14.1. The molecule has 8 aromatic rings. The Morgan fingerprint density at radius 3 is 1.39 bits per heavy atom. The molecule has 24 heteroatoms. The van der Waals surface area contributed by atoms with Gasteiger partial charge in [-0.1, -0.05) is 36.4 Å². The predicted octanol–water partition coefficient (Wildman–Crippen LogP) is 10.8. The summed E-state index contributed by atoms with van der Waals surface area (Å²) in [5.41, 5.74) is 0.738. The third kappa shape index (κ3) is 9.65. The van der Waals surface area contributed by atoms with Crippen molar-refractivity contribution in [3.8, 4) is 5.75 Å². The van der Waals surface area contributed by atoms with Crippen molar-refractivity contribution < 1.29 is 57.0 Å². The summed E-state index contributed by atoms with van der Waals surface area (Å²) in [5, 5.41) is 40.2. The molecule has 0 aromatic heterocycles. The van der Waals surface area contributed by atoms with E-state index in [1.165, 1.54) is 54.6 Å². The standard InChI is InChI=1S/C42H29N7O13S4/c50-42-31-12-9-26(43-25-5-2-1-3-6-25)19-24(31)20-40(66(60,61)62)41(42)49-48-37-16-18-39(35-23-30(65(57,58)59)11-14-33(35)37)47-46-38-17-15-36(32-13-10-29(22-34(32)38)64(54,55)56)45-44-27-7-4-8-28(21-27)63(51,52)53/h1-23,43,50H,(H,51,52,53)(H,54,55,56)(H,57,58,59)(H,60,61,62). The maximum Gasteiger partial charge on any atom is 0.296 e. The number of aromatic hydroxyl groups is 1. The number of rotatable bonds is 12. The average Bonchev–Trinajstić information content (AvgIpc) is 3.26. The van der Waals surface area contributed by atoms with Crippen molar-refractivity contribution in [2.75, 3.05) is 5.32 Å². The van der Waals surface area contributed by atoms with E-state index in [-0.39, 0.29) is 60.8 Å². The maximum atomic E-state index is 12.7. The molecule has 0 spiro atoms. The highest BCUT2D eigenvalue weighted by molar-refractivity contribution is 7.86. The summed E-state index contributed by atoms with van der Waals surface area (Å²) in [6.45, 7) is 0. The lowest BCUT2D eigenvalue weighted by Crippen LogP contribution is -1.99. The summed E-state index contributed by atoms with van der Waals surface area (Å²) in [6.07, 6.45) is 0. The first-order chi connectivity index (χ1) is 31.1. The summed E-state index contributed by atoms with van der Waals surface area (Å²) < 4.78 is 137. The molecule has 0 saturated heterocycles. The monoisotopic (exact) mass is 967 g/mol. The number of fused-ring (bicyclic) bond motifs is 3. The fraction of sp³-hybridized carbons (Fsp3) is 0. The molecule has 0 bridgehead atoms. The number of para-hydroxylation sites is 1. The van der Waals surface area contributed by atoms with Gasteiger partial charge in [0.15, 0.2) is 5.75 Å². The van der Waals surface area contributed by atoms with Crippen LogP contribution in [0.25, 0.3) is 32.3 Å². The quantitative estimate of drug-likeness (QED) is 0.0490. The van der Waals surface area contributed by atoms with E-state index in [0.717, 1.165) is 48.2 Å². The third-order valence-electron chi connectivity index (χ3n) is 9.78. The molecule has 0 unspecified atom stereocenters. The molecule has 8 rings (SSSR count). The van der Waals surface area contributed by atoms with E-state index in [9.17, 15) is 57.0 Å². The topological polar surface area (TPSA) is 324 Å². The lowest BCUT2D eigenvalue weighted by molar-refractivity contribution is 0.472. The van der Waals surface area contributed by atoms with E-state index >= 15 is 0 Å². The van der Waals surface area contributed by atoms with Gasteiger partial charge in [0.05, 0.1) is 43.1 Å². The Kier molecular flexibility index (Phi) is 11.8. The van der Waals surface area contributed by atoms with Gasteiger partial charge in [-0.2, -0.15) is 38.8 Å². The number of azo groups is 3. The Labute approximate surface area is 374 Å². The Morgan fingerprint density at radius 2 is 0.864 bits per heavy atom. The highest BCUT2D eigenvalue weighted by Crippen LogP contribution is 2.44. The van der Waals surface area contributed by atoms with Crippen LogP contribution in [-0.2, 0) is 40.5 Å². The van der Waals surface area contributed by atoms with E-state index in [1.807, 2.05) is 30.3 Å². The minimum Gasteiger partial charge on any atom is -0.505 e. The van der Waals surface area contributed by atoms with E-state index < -0.39 is 71.5 Å². The summed E-state index contributed by atoms with van der Waals surface area (Å²) in [6, 6.07) is 32.1. The Morgan fingerprint density at radius 1 is 0.379 bits per heavy atom. The molecule has 0 aliphatic rings. The van der Waals surface area contributed by atoms with E-state index in [2.05, 4.69) is 36.0 Å². The van der Waals surface area contributed by atoms with Crippen molar-refractivity contribution in [1.29, 1.82) is 0 Å². The second kappa shape index (κ2) is 17.2. The summed E-state index contributed by atoms with van der Waals surface area (Å²) in [5.74, 6) is -0.637. The maximum absolute atomic E-state index is 12.7. The first-order valence-corrected chi connectivity index (χ1v) is 24.4. The van der Waals surface area contributed by atoms with Gasteiger partial charge in [0.2, 0.25) is 0 Å². The van der Waals surface area contributed by atoms with E-state index in [4.69, 9.17) is 0 Å². The number of phenolic OH excluding ortho intramolecular Hbond substituents is 1. The molecule has 0 amide bonds. The van der Waals surface area contributed by atoms with Crippen molar-refractivity contribution in [3.05, 3.63) is 140 Å². The SMILES string of the molecule is O=S(=O)(O)c1cccc(N=Nc2ccc(N=Nc3ccc(N=Nc4c(S(=O)(=O)O)cc5cc(Nc6ccccc6)ccc5c4O)c4ccc(S(=O)(=O)O)cc34)c3cc(S(=O)(=O)O)ccc23)c1. The van der Waals surface area contributed by atoms with Crippen LogP contribution in [0.1, 0.15) is 0 Å². The molecule has 8 aromatic carbocycles. The van der Waals surface area contributed by atoms with Crippen LogP contribution in [-0.4, -0.2) is 57.0 Å². The normalized spacial score (nSPS) is 12.9. The molecule has 334 valence electrons. The van der Waals surface area contributed by atoms with Crippen LogP contribution in [0.4, 0.5) is 45.5 Å². The molecule has 0 atom stereocenters. The van der Waals surface area contributed by atoms with Crippen molar-refractivity contribution >= 4 is 118 Å². The van der Waals surface area contributed by atoms with Gasteiger partial charge in [-0.15, -0.1) is 25.6 Å². The van der Waals surface area contributed by atoms with Gasteiger partial charge in [0.25, 0.3) is 40.5 Å². The molecule has 0 aliphatic heterocycles. The summed E-state index contributed by atoms with van der Waals surface area (Å²) >= 11 is 0. The first kappa shape index (κ1) is 45.2. The molecule has 0 saturated carbocycles. The zero-order chi connectivity index (χ0) is 47.2. The number of anilines is 2. The van der Waals surface area contributed by atoms with Crippen molar-refractivity contribution in [2.45, 2.75) is 19.6 Å². The van der Waals surface area contributed by atoms with Gasteiger partial charge >= 0.3 is 0 Å². The predicted molar refractivity (Wildman–Crippen MR) is 241 cm³/mol. The van der Waals surface area contributed by atoms with Crippen LogP contribution in [0.5, 0.6) is 5.75 Å². The molecular formula is C42H29N7O13S4. The Balaban J connectivity index is 1.21. The Bertz CT molecular complexity index is 3870. The van der Waals surface area contributed by atoms with Crippen LogP contribution in [0, 0.1) is 0 Å². The van der Waals surface area contributed by atoms with Crippen LogP contribution < -0.4 is 5.32 Å². The summed E-state index contributed by atoms with van der Waals surface area (Å²) in [4.78, 5) is -2.31.